The van der Waals surface area contributed by atoms with Crippen molar-refractivity contribution in [3.05, 3.63) is 42.5 Å². The van der Waals surface area contributed by atoms with Crippen LogP contribution in [0.4, 0.5) is 5.69 Å². The molecule has 0 atom stereocenters. The highest BCUT2D eigenvalue weighted by molar-refractivity contribution is 5.46. The third-order valence-electron chi connectivity index (χ3n) is 3.33. The number of anilines is 1. The van der Waals surface area contributed by atoms with Crippen LogP contribution in [0.3, 0.4) is 0 Å². The van der Waals surface area contributed by atoms with Crippen molar-refractivity contribution in [2.24, 2.45) is 0 Å². The molecular weight excluding hydrogens is 240 g/mol. The maximum absolute atomic E-state index is 5.37. The molecule has 0 bridgehead atoms. The van der Waals surface area contributed by atoms with Crippen LogP contribution in [-0.2, 0) is 11.3 Å². The molecular formula is C14H18N4O. The van der Waals surface area contributed by atoms with E-state index in [4.69, 9.17) is 4.74 Å². The maximum atomic E-state index is 5.37. The van der Waals surface area contributed by atoms with Crippen LogP contribution in [0.15, 0.2) is 36.9 Å². The first-order valence-electron chi connectivity index (χ1n) is 6.66. The van der Waals surface area contributed by atoms with Gasteiger partial charge in [0.25, 0.3) is 0 Å². The maximum Gasteiger partial charge on any atom is 0.137 e. The van der Waals surface area contributed by atoms with E-state index in [-0.39, 0.29) is 0 Å². The Kier molecular flexibility index (Phi) is 3.74. The SMILES string of the molecule is c1cc(Cn2cncn2)cc(NC2CCOCC2)c1. The molecule has 2 heterocycles. The number of benzene rings is 1. The summed E-state index contributed by atoms with van der Waals surface area (Å²) < 4.78 is 7.20. The number of hydrogen-bond donors (Lipinski definition) is 1. The molecule has 5 heteroatoms. The third-order valence-corrected chi connectivity index (χ3v) is 3.33. The topological polar surface area (TPSA) is 52.0 Å². The molecule has 1 aliphatic rings. The second kappa shape index (κ2) is 5.84. The average molecular weight is 258 g/mol. The zero-order valence-corrected chi connectivity index (χ0v) is 10.8. The predicted octanol–water partition coefficient (Wildman–Crippen LogP) is 1.92. The Hall–Kier alpha value is -1.88. The molecule has 0 unspecified atom stereocenters. The predicted molar refractivity (Wildman–Crippen MR) is 73.0 cm³/mol. The number of nitrogens with one attached hydrogen (secondary N) is 1. The first-order valence-corrected chi connectivity index (χ1v) is 6.66. The normalized spacial score (nSPS) is 16.4. The first-order chi connectivity index (χ1) is 9.40. The minimum absolute atomic E-state index is 0.523. The first kappa shape index (κ1) is 12.2. The van der Waals surface area contributed by atoms with E-state index in [0.29, 0.717) is 6.04 Å². The van der Waals surface area contributed by atoms with Gasteiger partial charge < -0.3 is 10.1 Å². The van der Waals surface area contributed by atoms with Crippen LogP contribution in [0.2, 0.25) is 0 Å². The van der Waals surface area contributed by atoms with Gasteiger partial charge in [0, 0.05) is 24.9 Å². The van der Waals surface area contributed by atoms with E-state index in [0.717, 1.165) is 32.6 Å². The second-order valence-electron chi connectivity index (χ2n) is 4.82. The van der Waals surface area contributed by atoms with Crippen molar-refractivity contribution in [3.63, 3.8) is 0 Å². The zero-order valence-electron chi connectivity index (χ0n) is 10.8. The van der Waals surface area contributed by atoms with Gasteiger partial charge in [-0.25, -0.2) is 9.67 Å². The molecule has 0 amide bonds. The number of hydrogen-bond acceptors (Lipinski definition) is 4. The summed E-state index contributed by atoms with van der Waals surface area (Å²) in [5.41, 5.74) is 2.40. The molecule has 1 aromatic carbocycles. The average Bonchev–Trinajstić information content (AvgIpc) is 2.93. The molecule has 1 saturated heterocycles. The zero-order chi connectivity index (χ0) is 12.9. The summed E-state index contributed by atoms with van der Waals surface area (Å²) in [5.74, 6) is 0. The monoisotopic (exact) mass is 258 g/mol. The van der Waals surface area contributed by atoms with Crippen LogP contribution >= 0.6 is 0 Å². The van der Waals surface area contributed by atoms with Crippen LogP contribution in [-0.4, -0.2) is 34.0 Å². The van der Waals surface area contributed by atoms with Crippen LogP contribution < -0.4 is 5.32 Å². The molecule has 19 heavy (non-hydrogen) atoms. The van der Waals surface area contributed by atoms with Gasteiger partial charge in [-0.05, 0) is 30.5 Å². The lowest BCUT2D eigenvalue weighted by Crippen LogP contribution is -2.27. The standard InChI is InChI=1S/C14H18N4O/c1-2-12(9-18-11-15-10-16-18)8-14(3-1)17-13-4-6-19-7-5-13/h1-3,8,10-11,13,17H,4-7,9H2. The van der Waals surface area contributed by atoms with Crippen molar-refractivity contribution in [1.82, 2.24) is 14.8 Å². The minimum Gasteiger partial charge on any atom is -0.382 e. The van der Waals surface area contributed by atoms with Gasteiger partial charge in [0.05, 0.1) is 6.54 Å². The van der Waals surface area contributed by atoms with Crippen molar-refractivity contribution in [2.75, 3.05) is 18.5 Å². The van der Waals surface area contributed by atoms with E-state index in [1.54, 1.807) is 12.7 Å². The van der Waals surface area contributed by atoms with Crippen molar-refractivity contribution in [1.29, 1.82) is 0 Å². The van der Waals surface area contributed by atoms with Gasteiger partial charge in [0.15, 0.2) is 0 Å². The quantitative estimate of drug-likeness (QED) is 0.910. The number of nitrogens with zero attached hydrogens (tertiary/aromatic N) is 3. The second-order valence-corrected chi connectivity index (χ2v) is 4.82. The lowest BCUT2D eigenvalue weighted by molar-refractivity contribution is 0.0904. The Morgan fingerprint density at radius 3 is 3.00 bits per heavy atom. The number of rotatable bonds is 4. The summed E-state index contributed by atoms with van der Waals surface area (Å²) >= 11 is 0. The van der Waals surface area contributed by atoms with Crippen LogP contribution in [0.5, 0.6) is 0 Å². The Labute approximate surface area is 112 Å². The molecule has 0 radical (unpaired) electrons. The van der Waals surface area contributed by atoms with E-state index in [1.807, 2.05) is 4.68 Å². The highest BCUT2D eigenvalue weighted by Gasteiger charge is 2.13. The third kappa shape index (κ3) is 3.32. The molecule has 0 saturated carbocycles. The number of aromatic nitrogens is 3. The molecule has 5 nitrogen and oxygen atoms in total. The van der Waals surface area contributed by atoms with E-state index in [9.17, 15) is 0 Å². The lowest BCUT2D eigenvalue weighted by atomic mass is 10.1. The Morgan fingerprint density at radius 2 is 2.21 bits per heavy atom. The highest BCUT2D eigenvalue weighted by atomic mass is 16.5. The van der Waals surface area contributed by atoms with Crippen molar-refractivity contribution < 1.29 is 4.74 Å². The fraction of sp³-hybridized carbons (Fsp3) is 0.429. The molecule has 0 spiro atoms. The van der Waals surface area contributed by atoms with E-state index < -0.39 is 0 Å². The Bertz CT molecular complexity index is 506. The molecule has 2 aromatic rings. The molecule has 1 fully saturated rings. The Balaban J connectivity index is 1.65. The minimum atomic E-state index is 0.523. The van der Waals surface area contributed by atoms with Crippen LogP contribution in [0, 0.1) is 0 Å². The van der Waals surface area contributed by atoms with Crippen molar-refractivity contribution >= 4 is 5.69 Å². The smallest absolute Gasteiger partial charge is 0.137 e. The Morgan fingerprint density at radius 1 is 1.32 bits per heavy atom. The van der Waals surface area contributed by atoms with Crippen LogP contribution in [0.1, 0.15) is 18.4 Å². The van der Waals surface area contributed by atoms with Gasteiger partial charge in [-0.2, -0.15) is 5.10 Å². The summed E-state index contributed by atoms with van der Waals surface area (Å²) in [6.45, 7) is 2.47. The number of ether oxygens (including phenoxy) is 1. The molecule has 1 aliphatic heterocycles. The van der Waals surface area contributed by atoms with Crippen molar-refractivity contribution in [3.8, 4) is 0 Å². The summed E-state index contributed by atoms with van der Waals surface area (Å²) in [4.78, 5) is 3.96. The summed E-state index contributed by atoms with van der Waals surface area (Å²) in [6, 6.07) is 9.00. The molecule has 1 aromatic heterocycles. The van der Waals surface area contributed by atoms with E-state index in [2.05, 4.69) is 39.7 Å². The summed E-state index contributed by atoms with van der Waals surface area (Å²) in [5, 5.41) is 7.70. The van der Waals surface area contributed by atoms with Gasteiger partial charge in [-0.15, -0.1) is 0 Å². The van der Waals surface area contributed by atoms with Gasteiger partial charge in [-0.3, -0.25) is 0 Å². The fourth-order valence-electron chi connectivity index (χ4n) is 2.34. The lowest BCUT2D eigenvalue weighted by Gasteiger charge is -2.24. The van der Waals surface area contributed by atoms with E-state index in [1.165, 1.54) is 11.3 Å². The van der Waals surface area contributed by atoms with Gasteiger partial charge in [0.1, 0.15) is 12.7 Å². The van der Waals surface area contributed by atoms with Gasteiger partial charge >= 0.3 is 0 Å². The van der Waals surface area contributed by atoms with Gasteiger partial charge in [0.2, 0.25) is 0 Å². The molecule has 0 aliphatic carbocycles. The molecule has 100 valence electrons. The van der Waals surface area contributed by atoms with Gasteiger partial charge in [-0.1, -0.05) is 12.1 Å². The van der Waals surface area contributed by atoms with E-state index >= 15 is 0 Å². The largest absolute Gasteiger partial charge is 0.382 e. The molecule has 3 rings (SSSR count). The summed E-state index contributed by atoms with van der Waals surface area (Å²) in [7, 11) is 0. The summed E-state index contributed by atoms with van der Waals surface area (Å²) in [6.07, 6.45) is 5.45. The molecule has 1 N–H and O–H groups in total. The van der Waals surface area contributed by atoms with Crippen LogP contribution in [0.25, 0.3) is 0 Å². The highest BCUT2D eigenvalue weighted by Crippen LogP contribution is 2.17. The van der Waals surface area contributed by atoms with Crippen molar-refractivity contribution in [2.45, 2.75) is 25.4 Å². The fourth-order valence-corrected chi connectivity index (χ4v) is 2.34.